The maximum atomic E-state index is 11.0. The van der Waals surface area contributed by atoms with E-state index in [4.69, 9.17) is 37.8 Å². The van der Waals surface area contributed by atoms with Gasteiger partial charge in [0.25, 0.3) is 0 Å². The van der Waals surface area contributed by atoms with Gasteiger partial charge in [-0.2, -0.15) is 0 Å². The van der Waals surface area contributed by atoms with Crippen LogP contribution in [-0.2, 0) is 11.2 Å². The fourth-order valence-corrected chi connectivity index (χ4v) is 4.62. The highest BCUT2D eigenvalue weighted by molar-refractivity contribution is 8.00. The number of benzene rings is 3. The van der Waals surface area contributed by atoms with Gasteiger partial charge in [0, 0.05) is 26.5 Å². The molecule has 0 aliphatic carbocycles. The van der Waals surface area contributed by atoms with Gasteiger partial charge in [-0.25, -0.2) is 0 Å². The Labute approximate surface area is 204 Å². The smallest absolute Gasteiger partial charge is 0.307 e. The first-order valence-corrected chi connectivity index (χ1v) is 11.5. The van der Waals surface area contributed by atoms with Crippen molar-refractivity contribution in [2.45, 2.75) is 18.2 Å². The van der Waals surface area contributed by atoms with E-state index in [1.807, 2.05) is 31.2 Å². The van der Waals surface area contributed by atoms with Gasteiger partial charge < -0.3 is 24.3 Å². The molecule has 0 radical (unpaired) electrons. The number of carbonyl (C=O) groups is 1. The zero-order chi connectivity index (χ0) is 23.5. The molecule has 9 heteroatoms. The van der Waals surface area contributed by atoms with Gasteiger partial charge in [0.05, 0.1) is 24.2 Å². The first-order chi connectivity index (χ1) is 15.8. The molecular formula is C24H20Cl2N2O4S. The lowest BCUT2D eigenvalue weighted by molar-refractivity contribution is -0.136. The Morgan fingerprint density at radius 3 is 2.58 bits per heavy atom. The van der Waals surface area contributed by atoms with E-state index in [2.05, 4.69) is 9.71 Å². The second kappa shape index (κ2) is 9.87. The minimum Gasteiger partial charge on any atom is -0.493 e. The van der Waals surface area contributed by atoms with Crippen LogP contribution in [0.2, 0.25) is 10.0 Å². The molecule has 0 aliphatic rings. The van der Waals surface area contributed by atoms with Gasteiger partial charge in [-0.15, -0.1) is 0 Å². The van der Waals surface area contributed by atoms with Crippen LogP contribution in [0.15, 0.2) is 59.5 Å². The quantitative estimate of drug-likeness (QED) is 0.218. The van der Waals surface area contributed by atoms with Crippen LogP contribution < -0.4 is 14.2 Å². The van der Waals surface area contributed by atoms with Crippen LogP contribution in [0.3, 0.4) is 0 Å². The van der Waals surface area contributed by atoms with E-state index in [9.17, 15) is 4.79 Å². The number of aromatic amines is 1. The SMILES string of the molecule is COc1cc(CC(=O)O)ccc1Oc1ccc2[nH]c(C)cc2c1NSc1ccc(Cl)cc1Cl. The van der Waals surface area contributed by atoms with E-state index in [1.165, 1.54) is 19.1 Å². The summed E-state index contributed by atoms with van der Waals surface area (Å²) in [7, 11) is 1.52. The lowest BCUT2D eigenvalue weighted by Crippen LogP contribution is -2.01. The maximum absolute atomic E-state index is 11.0. The average molecular weight is 503 g/mol. The first kappa shape index (κ1) is 23.2. The van der Waals surface area contributed by atoms with E-state index in [-0.39, 0.29) is 6.42 Å². The molecule has 1 aromatic heterocycles. The molecule has 0 aliphatic heterocycles. The Bertz CT molecular complexity index is 1340. The summed E-state index contributed by atoms with van der Waals surface area (Å²) in [6, 6.07) is 16.2. The molecule has 1 heterocycles. The largest absolute Gasteiger partial charge is 0.493 e. The van der Waals surface area contributed by atoms with Crippen molar-refractivity contribution in [2.75, 3.05) is 11.8 Å². The number of halogens is 2. The highest BCUT2D eigenvalue weighted by Crippen LogP contribution is 2.42. The number of aliphatic carboxylic acids is 1. The number of fused-ring (bicyclic) bond motifs is 1. The highest BCUT2D eigenvalue weighted by atomic mass is 35.5. The van der Waals surface area contributed by atoms with Crippen LogP contribution in [0.4, 0.5) is 5.69 Å². The summed E-state index contributed by atoms with van der Waals surface area (Å²) >= 11 is 13.7. The van der Waals surface area contributed by atoms with Gasteiger partial charge >= 0.3 is 5.97 Å². The lowest BCUT2D eigenvalue weighted by Gasteiger charge is -2.16. The van der Waals surface area contributed by atoms with Crippen molar-refractivity contribution in [3.8, 4) is 17.2 Å². The second-order valence-corrected chi connectivity index (χ2v) is 8.98. The standard InChI is InChI=1S/C24H20Cl2N2O4S/c1-13-9-16-18(27-13)5-7-20(24(16)28-33-22-8-4-15(25)12-17(22)26)32-19-6-3-14(11-23(29)30)10-21(19)31-2/h3-10,12,27-28H,11H2,1-2H3,(H,29,30). The molecule has 4 rings (SSSR count). The predicted octanol–water partition coefficient (Wildman–Crippen LogP) is 7.33. The summed E-state index contributed by atoms with van der Waals surface area (Å²) < 4.78 is 15.0. The number of carboxylic acid groups (broad SMARTS) is 1. The number of methoxy groups -OCH3 is 1. The number of anilines is 1. The van der Waals surface area contributed by atoms with Gasteiger partial charge in [-0.3, -0.25) is 4.79 Å². The van der Waals surface area contributed by atoms with E-state index >= 15 is 0 Å². The topological polar surface area (TPSA) is 83.6 Å². The third kappa shape index (κ3) is 5.33. The maximum Gasteiger partial charge on any atom is 0.307 e. The molecular weight excluding hydrogens is 483 g/mol. The Kier molecular flexibility index (Phi) is 6.93. The van der Waals surface area contributed by atoms with Crippen LogP contribution in [0.5, 0.6) is 17.2 Å². The third-order valence-corrected chi connectivity index (χ3v) is 6.40. The van der Waals surface area contributed by atoms with E-state index in [1.54, 1.807) is 30.3 Å². The molecule has 6 nitrogen and oxygen atoms in total. The number of hydrogen-bond donors (Lipinski definition) is 3. The molecule has 0 atom stereocenters. The third-order valence-electron chi connectivity index (χ3n) is 4.86. The molecule has 33 heavy (non-hydrogen) atoms. The summed E-state index contributed by atoms with van der Waals surface area (Å²) in [5.41, 5.74) is 3.34. The molecule has 170 valence electrons. The van der Waals surface area contributed by atoms with Gasteiger partial charge in [0.1, 0.15) is 0 Å². The highest BCUT2D eigenvalue weighted by Gasteiger charge is 2.16. The number of hydrogen-bond acceptors (Lipinski definition) is 5. The Hall–Kier alpha value is -3.00. The van der Waals surface area contributed by atoms with Crippen molar-refractivity contribution in [3.63, 3.8) is 0 Å². The first-order valence-electron chi connectivity index (χ1n) is 9.91. The molecule has 0 unspecified atom stereocenters. The normalized spacial score (nSPS) is 10.9. The Balaban J connectivity index is 1.69. The molecule has 0 spiro atoms. The number of rotatable bonds is 8. The van der Waals surface area contributed by atoms with Crippen molar-refractivity contribution in [1.29, 1.82) is 0 Å². The van der Waals surface area contributed by atoms with Gasteiger partial charge in [0.2, 0.25) is 0 Å². The number of ether oxygens (including phenoxy) is 2. The zero-order valence-corrected chi connectivity index (χ0v) is 20.1. The van der Waals surface area contributed by atoms with Gasteiger partial charge in [-0.05, 0) is 73.0 Å². The number of nitrogens with one attached hydrogen (secondary N) is 2. The number of aryl methyl sites for hydroxylation is 1. The van der Waals surface area contributed by atoms with Crippen LogP contribution in [0.1, 0.15) is 11.3 Å². The van der Waals surface area contributed by atoms with Gasteiger partial charge in [-0.1, -0.05) is 29.3 Å². The fraction of sp³-hybridized carbons (Fsp3) is 0.125. The minimum atomic E-state index is -0.914. The summed E-state index contributed by atoms with van der Waals surface area (Å²) in [6.07, 6.45) is -0.101. The van der Waals surface area contributed by atoms with E-state index in [0.717, 1.165) is 27.2 Å². The number of aromatic nitrogens is 1. The Morgan fingerprint density at radius 2 is 1.85 bits per heavy atom. The molecule has 0 saturated carbocycles. The average Bonchev–Trinajstić information content (AvgIpc) is 3.15. The monoisotopic (exact) mass is 502 g/mol. The molecule has 4 aromatic rings. The predicted molar refractivity (Wildman–Crippen MR) is 133 cm³/mol. The molecule has 3 N–H and O–H groups in total. The summed E-state index contributed by atoms with van der Waals surface area (Å²) in [5, 5.41) is 11.1. The summed E-state index contributed by atoms with van der Waals surface area (Å²) in [5.74, 6) is 0.570. The molecule has 0 fully saturated rings. The number of carboxylic acids is 1. The number of H-pyrrole nitrogens is 1. The molecule has 0 bridgehead atoms. The Morgan fingerprint density at radius 1 is 1.06 bits per heavy atom. The van der Waals surface area contributed by atoms with Crippen molar-refractivity contribution < 1.29 is 19.4 Å². The van der Waals surface area contributed by atoms with Crippen molar-refractivity contribution in [3.05, 3.63) is 75.9 Å². The van der Waals surface area contributed by atoms with Crippen LogP contribution >= 0.6 is 35.1 Å². The molecule has 0 amide bonds. The molecule has 3 aromatic carbocycles. The van der Waals surface area contributed by atoms with E-state index in [0.29, 0.717) is 32.9 Å². The fourth-order valence-electron chi connectivity index (χ4n) is 3.38. The van der Waals surface area contributed by atoms with Crippen LogP contribution in [-0.4, -0.2) is 23.2 Å². The lowest BCUT2D eigenvalue weighted by atomic mass is 10.1. The van der Waals surface area contributed by atoms with Crippen molar-refractivity contribution >= 4 is 57.7 Å². The summed E-state index contributed by atoms with van der Waals surface area (Å²) in [4.78, 5) is 15.2. The summed E-state index contributed by atoms with van der Waals surface area (Å²) in [6.45, 7) is 1.98. The van der Waals surface area contributed by atoms with E-state index < -0.39 is 5.97 Å². The molecule has 0 saturated heterocycles. The van der Waals surface area contributed by atoms with Crippen molar-refractivity contribution in [1.82, 2.24) is 4.98 Å². The zero-order valence-electron chi connectivity index (χ0n) is 17.7. The van der Waals surface area contributed by atoms with Crippen LogP contribution in [0, 0.1) is 6.92 Å². The van der Waals surface area contributed by atoms with Crippen LogP contribution in [0.25, 0.3) is 10.9 Å². The second-order valence-electron chi connectivity index (χ2n) is 7.29. The van der Waals surface area contributed by atoms with Gasteiger partial charge in [0.15, 0.2) is 17.2 Å². The van der Waals surface area contributed by atoms with Crippen molar-refractivity contribution in [2.24, 2.45) is 0 Å². The minimum absolute atomic E-state index is 0.101.